The molecule has 0 amide bonds. The summed E-state index contributed by atoms with van der Waals surface area (Å²) in [6, 6.07) is 75.9. The molecule has 0 aliphatic carbocycles. The monoisotopic (exact) mass is 689 g/mol. The fraction of sp³-hybridized carbons (Fsp3) is 0. The number of furan rings is 1. The van der Waals surface area contributed by atoms with E-state index in [1.54, 1.807) is 0 Å². The molecule has 0 saturated heterocycles. The molecule has 0 saturated carbocycles. The molecule has 0 fully saturated rings. The van der Waals surface area contributed by atoms with Gasteiger partial charge in [0.25, 0.3) is 0 Å². The second-order valence-electron chi connectivity index (χ2n) is 13.7. The zero-order valence-corrected chi connectivity index (χ0v) is 29.6. The van der Waals surface area contributed by atoms with Gasteiger partial charge in [-0.15, -0.1) is 0 Å². The predicted molar refractivity (Wildman–Crippen MR) is 228 cm³/mol. The van der Waals surface area contributed by atoms with E-state index >= 15 is 0 Å². The Morgan fingerprint density at radius 2 is 0.833 bits per heavy atom. The molecule has 1 heterocycles. The molecular formula is C52H35NO. The fourth-order valence-electron chi connectivity index (χ4n) is 7.82. The number of nitrogens with zero attached hydrogens (tertiary/aromatic N) is 1. The molecule has 2 heteroatoms. The van der Waals surface area contributed by atoms with Gasteiger partial charge in [0.15, 0.2) is 0 Å². The van der Waals surface area contributed by atoms with E-state index in [1.807, 2.05) is 12.1 Å². The number of hydrogen-bond donors (Lipinski definition) is 0. The highest BCUT2D eigenvalue weighted by Gasteiger charge is 2.18. The second kappa shape index (κ2) is 13.4. The summed E-state index contributed by atoms with van der Waals surface area (Å²) in [5, 5.41) is 4.79. The van der Waals surface area contributed by atoms with Gasteiger partial charge in [0.05, 0.1) is 0 Å². The maximum atomic E-state index is 6.17. The Morgan fingerprint density at radius 1 is 0.278 bits per heavy atom. The van der Waals surface area contributed by atoms with E-state index in [1.165, 1.54) is 49.7 Å². The van der Waals surface area contributed by atoms with Crippen molar-refractivity contribution in [3.05, 3.63) is 212 Å². The van der Waals surface area contributed by atoms with Crippen LogP contribution < -0.4 is 4.90 Å². The number of benzene rings is 9. The first-order valence-corrected chi connectivity index (χ1v) is 18.4. The lowest BCUT2D eigenvalue weighted by Crippen LogP contribution is -2.10. The van der Waals surface area contributed by atoms with Gasteiger partial charge in [-0.05, 0) is 110 Å². The van der Waals surface area contributed by atoms with E-state index in [9.17, 15) is 0 Å². The zero-order chi connectivity index (χ0) is 35.8. The standard InChI is InChI=1S/C52H35NO/c1-3-12-39(13-4-1)49-35-44(31-32-47(49)41-28-33-52-50(34-41)48-19-9-10-21-51(48)54-52)53(42-16-5-2-6-17-42)43-29-26-37(27-30-43)36-22-24-40(25-23-36)46-20-11-15-38-14-7-8-18-45(38)46/h1-35H. The van der Waals surface area contributed by atoms with Crippen molar-refractivity contribution in [3.8, 4) is 44.5 Å². The summed E-state index contributed by atoms with van der Waals surface area (Å²) in [6.45, 7) is 0. The first-order valence-electron chi connectivity index (χ1n) is 18.4. The van der Waals surface area contributed by atoms with Gasteiger partial charge in [0.2, 0.25) is 0 Å². The topological polar surface area (TPSA) is 16.4 Å². The van der Waals surface area contributed by atoms with Crippen molar-refractivity contribution < 1.29 is 4.42 Å². The molecule has 9 aromatic carbocycles. The van der Waals surface area contributed by atoms with E-state index in [0.29, 0.717) is 0 Å². The van der Waals surface area contributed by atoms with Crippen molar-refractivity contribution in [1.82, 2.24) is 0 Å². The summed E-state index contributed by atoms with van der Waals surface area (Å²) in [7, 11) is 0. The second-order valence-corrected chi connectivity index (χ2v) is 13.7. The van der Waals surface area contributed by atoms with Gasteiger partial charge in [0.1, 0.15) is 11.2 Å². The lowest BCUT2D eigenvalue weighted by atomic mass is 9.92. The highest BCUT2D eigenvalue weighted by atomic mass is 16.3. The molecule has 0 spiro atoms. The predicted octanol–water partition coefficient (Wildman–Crippen LogP) is 14.9. The molecule has 2 nitrogen and oxygen atoms in total. The van der Waals surface area contributed by atoms with Crippen molar-refractivity contribution >= 4 is 49.8 Å². The third-order valence-corrected chi connectivity index (χ3v) is 10.5. The third-order valence-electron chi connectivity index (χ3n) is 10.5. The first kappa shape index (κ1) is 31.6. The van der Waals surface area contributed by atoms with Crippen LogP contribution in [0.4, 0.5) is 17.1 Å². The largest absolute Gasteiger partial charge is 0.456 e. The molecule has 0 aliphatic heterocycles. The maximum Gasteiger partial charge on any atom is 0.135 e. The summed E-state index contributed by atoms with van der Waals surface area (Å²) in [5.41, 5.74) is 14.6. The van der Waals surface area contributed by atoms with Crippen LogP contribution in [-0.4, -0.2) is 0 Å². The highest BCUT2D eigenvalue weighted by molar-refractivity contribution is 6.07. The van der Waals surface area contributed by atoms with Gasteiger partial charge in [0, 0.05) is 27.8 Å². The van der Waals surface area contributed by atoms with E-state index < -0.39 is 0 Å². The van der Waals surface area contributed by atoms with Gasteiger partial charge in [-0.3, -0.25) is 0 Å². The summed E-state index contributed by atoms with van der Waals surface area (Å²) in [4.78, 5) is 2.34. The Balaban J connectivity index is 1.04. The van der Waals surface area contributed by atoms with Crippen LogP contribution in [0.2, 0.25) is 0 Å². The quantitative estimate of drug-likeness (QED) is 0.166. The molecule has 254 valence electrons. The van der Waals surface area contributed by atoms with Crippen LogP contribution in [0.15, 0.2) is 217 Å². The third kappa shape index (κ3) is 5.71. The number of anilines is 3. The van der Waals surface area contributed by atoms with Gasteiger partial charge < -0.3 is 9.32 Å². The SMILES string of the molecule is c1ccc(-c2cc(N(c3ccccc3)c3ccc(-c4ccc(-c5cccc6ccccc56)cc4)cc3)ccc2-c2ccc3oc4ccccc4c3c2)cc1. The Hall–Kier alpha value is -7.16. The van der Waals surface area contributed by atoms with Crippen LogP contribution in [0.5, 0.6) is 0 Å². The van der Waals surface area contributed by atoms with Crippen LogP contribution >= 0.6 is 0 Å². The number of hydrogen-bond acceptors (Lipinski definition) is 2. The number of para-hydroxylation sites is 2. The smallest absolute Gasteiger partial charge is 0.135 e. The molecule has 0 N–H and O–H groups in total. The van der Waals surface area contributed by atoms with Crippen molar-refractivity contribution in [3.63, 3.8) is 0 Å². The Bertz CT molecular complexity index is 2900. The average Bonchev–Trinajstić information content (AvgIpc) is 3.63. The molecule has 0 radical (unpaired) electrons. The molecule has 10 rings (SSSR count). The number of rotatable bonds is 7. The summed E-state index contributed by atoms with van der Waals surface area (Å²) in [6.07, 6.45) is 0. The average molecular weight is 690 g/mol. The van der Waals surface area contributed by atoms with Gasteiger partial charge >= 0.3 is 0 Å². The lowest BCUT2D eigenvalue weighted by Gasteiger charge is -2.27. The fourth-order valence-corrected chi connectivity index (χ4v) is 7.82. The van der Waals surface area contributed by atoms with Crippen molar-refractivity contribution in [2.45, 2.75) is 0 Å². The number of fused-ring (bicyclic) bond motifs is 4. The van der Waals surface area contributed by atoms with E-state index in [2.05, 4.69) is 205 Å². The van der Waals surface area contributed by atoms with Crippen LogP contribution in [0.25, 0.3) is 77.2 Å². The van der Waals surface area contributed by atoms with Crippen LogP contribution in [0.1, 0.15) is 0 Å². The molecule has 0 bridgehead atoms. The summed E-state index contributed by atoms with van der Waals surface area (Å²) in [5.74, 6) is 0. The van der Waals surface area contributed by atoms with Crippen LogP contribution in [0, 0.1) is 0 Å². The molecule has 0 aliphatic rings. The molecule has 10 aromatic rings. The Morgan fingerprint density at radius 3 is 1.63 bits per heavy atom. The Kier molecular flexibility index (Phi) is 7.85. The van der Waals surface area contributed by atoms with Gasteiger partial charge in [-0.2, -0.15) is 0 Å². The zero-order valence-electron chi connectivity index (χ0n) is 29.6. The van der Waals surface area contributed by atoms with Crippen molar-refractivity contribution in [2.24, 2.45) is 0 Å². The molecular weight excluding hydrogens is 655 g/mol. The minimum Gasteiger partial charge on any atom is -0.456 e. The van der Waals surface area contributed by atoms with Crippen molar-refractivity contribution in [1.29, 1.82) is 0 Å². The molecule has 0 atom stereocenters. The van der Waals surface area contributed by atoms with E-state index in [4.69, 9.17) is 4.42 Å². The molecule has 0 unspecified atom stereocenters. The van der Waals surface area contributed by atoms with E-state index in [-0.39, 0.29) is 0 Å². The summed E-state index contributed by atoms with van der Waals surface area (Å²) < 4.78 is 6.17. The normalized spacial score (nSPS) is 11.3. The first-order chi connectivity index (χ1) is 26.8. The maximum absolute atomic E-state index is 6.17. The van der Waals surface area contributed by atoms with Gasteiger partial charge in [-0.25, -0.2) is 0 Å². The molecule has 1 aromatic heterocycles. The molecule has 54 heavy (non-hydrogen) atoms. The van der Waals surface area contributed by atoms with Crippen molar-refractivity contribution in [2.75, 3.05) is 4.90 Å². The Labute approximate surface area is 314 Å². The highest BCUT2D eigenvalue weighted by Crippen LogP contribution is 2.42. The van der Waals surface area contributed by atoms with E-state index in [0.717, 1.165) is 44.6 Å². The van der Waals surface area contributed by atoms with Crippen LogP contribution in [-0.2, 0) is 0 Å². The minimum absolute atomic E-state index is 0.900. The lowest BCUT2D eigenvalue weighted by molar-refractivity contribution is 0.669. The summed E-state index contributed by atoms with van der Waals surface area (Å²) >= 11 is 0. The van der Waals surface area contributed by atoms with Crippen LogP contribution in [0.3, 0.4) is 0 Å². The van der Waals surface area contributed by atoms with Gasteiger partial charge in [-0.1, -0.05) is 158 Å². The minimum atomic E-state index is 0.900.